The summed E-state index contributed by atoms with van der Waals surface area (Å²) in [5.74, 6) is 0.196. The first kappa shape index (κ1) is 18.6. The van der Waals surface area contributed by atoms with Gasteiger partial charge in [-0.05, 0) is 56.5 Å². The molecule has 5 nitrogen and oxygen atoms in total. The van der Waals surface area contributed by atoms with Gasteiger partial charge < -0.3 is 10.6 Å². The minimum absolute atomic E-state index is 0.0305. The van der Waals surface area contributed by atoms with E-state index in [1.54, 1.807) is 6.07 Å². The van der Waals surface area contributed by atoms with Gasteiger partial charge in [0.1, 0.15) is 5.69 Å². The van der Waals surface area contributed by atoms with E-state index in [1.165, 1.54) is 0 Å². The standard InChI is InChI=1S/C22H24N4O/c1-14-10-11-15(2)19(12-14)25-21(27)20-13-16(3)23-22(26-20)24-17(4)18-8-6-5-7-9-18/h5-13,17H,1-4H3,(H,25,27)(H,23,24,26). The van der Waals surface area contributed by atoms with Crippen molar-refractivity contribution in [1.29, 1.82) is 0 Å². The Morgan fingerprint density at radius 3 is 2.44 bits per heavy atom. The first-order chi connectivity index (χ1) is 12.9. The number of hydrogen-bond donors (Lipinski definition) is 2. The predicted octanol–water partition coefficient (Wildman–Crippen LogP) is 4.83. The van der Waals surface area contributed by atoms with Gasteiger partial charge in [-0.2, -0.15) is 0 Å². The van der Waals surface area contributed by atoms with Gasteiger partial charge in [-0.25, -0.2) is 9.97 Å². The third kappa shape index (κ3) is 4.70. The molecule has 3 rings (SSSR count). The van der Waals surface area contributed by atoms with Crippen LogP contribution in [0, 0.1) is 20.8 Å². The molecule has 0 bridgehead atoms. The van der Waals surface area contributed by atoms with Crippen molar-refractivity contribution in [1.82, 2.24) is 9.97 Å². The van der Waals surface area contributed by atoms with E-state index in [0.717, 1.165) is 28.1 Å². The van der Waals surface area contributed by atoms with Crippen molar-refractivity contribution in [2.75, 3.05) is 10.6 Å². The van der Waals surface area contributed by atoms with E-state index >= 15 is 0 Å². The number of hydrogen-bond acceptors (Lipinski definition) is 4. The highest BCUT2D eigenvalue weighted by atomic mass is 16.1. The highest BCUT2D eigenvalue weighted by molar-refractivity contribution is 6.03. The lowest BCUT2D eigenvalue weighted by atomic mass is 10.1. The van der Waals surface area contributed by atoms with Crippen molar-refractivity contribution >= 4 is 17.5 Å². The van der Waals surface area contributed by atoms with E-state index in [9.17, 15) is 4.79 Å². The third-order valence-electron chi connectivity index (χ3n) is 4.37. The van der Waals surface area contributed by atoms with E-state index in [-0.39, 0.29) is 11.9 Å². The number of amides is 1. The maximum Gasteiger partial charge on any atom is 0.274 e. The van der Waals surface area contributed by atoms with Gasteiger partial charge in [0.15, 0.2) is 0 Å². The van der Waals surface area contributed by atoms with Crippen molar-refractivity contribution in [3.05, 3.63) is 82.7 Å². The molecular weight excluding hydrogens is 336 g/mol. The Morgan fingerprint density at radius 2 is 1.70 bits per heavy atom. The summed E-state index contributed by atoms with van der Waals surface area (Å²) in [6.07, 6.45) is 0. The summed E-state index contributed by atoms with van der Waals surface area (Å²) in [6, 6.07) is 17.7. The molecule has 1 unspecified atom stereocenters. The third-order valence-corrected chi connectivity index (χ3v) is 4.37. The van der Waals surface area contributed by atoms with Gasteiger partial charge in [-0.1, -0.05) is 42.5 Å². The molecule has 5 heteroatoms. The lowest BCUT2D eigenvalue weighted by molar-refractivity contribution is 0.102. The average Bonchev–Trinajstić information content (AvgIpc) is 2.65. The Bertz CT molecular complexity index is 954. The molecule has 138 valence electrons. The van der Waals surface area contributed by atoms with Crippen LogP contribution in [0.3, 0.4) is 0 Å². The van der Waals surface area contributed by atoms with E-state index < -0.39 is 0 Å². The number of benzene rings is 2. The number of anilines is 2. The number of carbonyl (C=O) groups is 1. The molecule has 1 heterocycles. The van der Waals surface area contributed by atoms with Crippen LogP contribution in [0.15, 0.2) is 54.6 Å². The summed E-state index contributed by atoms with van der Waals surface area (Å²) in [5.41, 5.74) is 5.10. The van der Waals surface area contributed by atoms with Crippen LogP contribution < -0.4 is 10.6 Å². The monoisotopic (exact) mass is 360 g/mol. The molecule has 0 spiro atoms. The van der Waals surface area contributed by atoms with Gasteiger partial charge in [-0.15, -0.1) is 0 Å². The highest BCUT2D eigenvalue weighted by Crippen LogP contribution is 2.19. The fraction of sp³-hybridized carbons (Fsp3) is 0.227. The predicted molar refractivity (Wildman–Crippen MR) is 109 cm³/mol. The Balaban J connectivity index is 1.80. The second-order valence-corrected chi connectivity index (χ2v) is 6.77. The minimum Gasteiger partial charge on any atom is -0.348 e. The second-order valence-electron chi connectivity index (χ2n) is 6.77. The van der Waals surface area contributed by atoms with Crippen molar-refractivity contribution in [2.24, 2.45) is 0 Å². The molecule has 1 aromatic heterocycles. The molecule has 3 aromatic rings. The van der Waals surface area contributed by atoms with Crippen LogP contribution in [-0.2, 0) is 0 Å². The molecule has 1 amide bonds. The molecule has 0 saturated heterocycles. The molecule has 2 N–H and O–H groups in total. The summed E-state index contributed by atoms with van der Waals surface area (Å²) >= 11 is 0. The van der Waals surface area contributed by atoms with Crippen molar-refractivity contribution in [3.8, 4) is 0 Å². The zero-order valence-electron chi connectivity index (χ0n) is 16.1. The lowest BCUT2D eigenvalue weighted by Crippen LogP contribution is -2.17. The maximum absolute atomic E-state index is 12.7. The van der Waals surface area contributed by atoms with E-state index in [4.69, 9.17) is 0 Å². The largest absolute Gasteiger partial charge is 0.348 e. The minimum atomic E-state index is -0.246. The molecule has 1 atom stereocenters. The summed E-state index contributed by atoms with van der Waals surface area (Å²) in [4.78, 5) is 21.5. The zero-order chi connectivity index (χ0) is 19.4. The number of aryl methyl sites for hydroxylation is 3. The summed E-state index contributed by atoms with van der Waals surface area (Å²) in [5, 5.41) is 6.23. The van der Waals surface area contributed by atoms with Crippen molar-refractivity contribution in [3.63, 3.8) is 0 Å². The maximum atomic E-state index is 12.7. The summed E-state index contributed by atoms with van der Waals surface area (Å²) in [7, 11) is 0. The molecule has 2 aromatic carbocycles. The Hall–Kier alpha value is -3.21. The number of nitrogens with one attached hydrogen (secondary N) is 2. The topological polar surface area (TPSA) is 66.9 Å². The van der Waals surface area contributed by atoms with Crippen LogP contribution in [0.4, 0.5) is 11.6 Å². The smallest absolute Gasteiger partial charge is 0.274 e. The van der Waals surface area contributed by atoms with Gasteiger partial charge >= 0.3 is 0 Å². The number of carbonyl (C=O) groups excluding carboxylic acids is 1. The first-order valence-electron chi connectivity index (χ1n) is 8.98. The van der Waals surface area contributed by atoms with Gasteiger partial charge in [0.05, 0.1) is 6.04 Å². The molecule has 0 aliphatic carbocycles. The number of nitrogens with zero attached hydrogens (tertiary/aromatic N) is 2. The fourth-order valence-corrected chi connectivity index (χ4v) is 2.82. The van der Waals surface area contributed by atoms with Crippen LogP contribution in [0.2, 0.25) is 0 Å². The molecule has 0 saturated carbocycles. The zero-order valence-corrected chi connectivity index (χ0v) is 16.1. The van der Waals surface area contributed by atoms with Crippen LogP contribution in [0.5, 0.6) is 0 Å². The van der Waals surface area contributed by atoms with E-state index in [2.05, 4.69) is 20.6 Å². The molecule has 0 aliphatic heterocycles. The SMILES string of the molecule is Cc1ccc(C)c(NC(=O)c2cc(C)nc(NC(C)c3ccccc3)n2)c1. The number of rotatable bonds is 5. The van der Waals surface area contributed by atoms with Gasteiger partial charge in [0.25, 0.3) is 5.91 Å². The quantitative estimate of drug-likeness (QED) is 0.684. The lowest BCUT2D eigenvalue weighted by Gasteiger charge is -2.15. The highest BCUT2D eigenvalue weighted by Gasteiger charge is 2.14. The Labute approximate surface area is 159 Å². The summed E-state index contributed by atoms with van der Waals surface area (Å²) in [6.45, 7) is 7.86. The molecule has 0 aliphatic rings. The van der Waals surface area contributed by atoms with Gasteiger partial charge in [0.2, 0.25) is 5.95 Å². The van der Waals surface area contributed by atoms with Crippen LogP contribution >= 0.6 is 0 Å². The van der Waals surface area contributed by atoms with E-state index in [0.29, 0.717) is 11.6 Å². The van der Waals surface area contributed by atoms with Crippen LogP contribution in [-0.4, -0.2) is 15.9 Å². The Morgan fingerprint density at radius 1 is 0.963 bits per heavy atom. The average molecular weight is 360 g/mol. The first-order valence-corrected chi connectivity index (χ1v) is 8.98. The molecule has 27 heavy (non-hydrogen) atoms. The number of aromatic nitrogens is 2. The fourth-order valence-electron chi connectivity index (χ4n) is 2.82. The molecule has 0 fully saturated rings. The van der Waals surface area contributed by atoms with Gasteiger partial charge in [0, 0.05) is 11.4 Å². The summed E-state index contributed by atoms with van der Waals surface area (Å²) < 4.78 is 0. The van der Waals surface area contributed by atoms with Crippen LogP contribution in [0.25, 0.3) is 0 Å². The second kappa shape index (κ2) is 7.99. The van der Waals surface area contributed by atoms with E-state index in [1.807, 2.05) is 76.2 Å². The van der Waals surface area contributed by atoms with Crippen molar-refractivity contribution in [2.45, 2.75) is 33.7 Å². The van der Waals surface area contributed by atoms with Crippen LogP contribution in [0.1, 0.15) is 45.8 Å². The molecular formula is C22H24N4O. The normalized spacial score (nSPS) is 11.7. The van der Waals surface area contributed by atoms with Gasteiger partial charge in [-0.3, -0.25) is 4.79 Å². The Kier molecular flexibility index (Phi) is 5.50. The molecule has 0 radical (unpaired) electrons. The van der Waals surface area contributed by atoms with Crippen molar-refractivity contribution < 1.29 is 4.79 Å².